The van der Waals surface area contributed by atoms with E-state index in [1.54, 1.807) is 6.08 Å². The first-order chi connectivity index (χ1) is 15.2. The Labute approximate surface area is 193 Å². The molecule has 3 nitrogen and oxygen atoms in total. The molecule has 0 aliphatic heterocycles. The van der Waals surface area contributed by atoms with Crippen molar-refractivity contribution in [2.24, 2.45) is 5.92 Å². The Morgan fingerprint density at radius 1 is 0.710 bits per heavy atom. The smallest absolute Gasteiger partial charge is 0.372 e. The fourth-order valence-corrected chi connectivity index (χ4v) is 4.01. The molecule has 0 spiro atoms. The van der Waals surface area contributed by atoms with E-state index in [9.17, 15) is 9.90 Å². The second kappa shape index (κ2) is 23.4. The topological polar surface area (TPSA) is 46.5 Å². The average Bonchev–Trinajstić information content (AvgIpc) is 2.78. The number of hydrogen-bond donors (Lipinski definition) is 1. The molecule has 0 saturated heterocycles. The normalized spacial score (nSPS) is 13.1. The summed E-state index contributed by atoms with van der Waals surface area (Å²) < 4.78 is 4.64. The fourth-order valence-electron chi connectivity index (χ4n) is 4.01. The molecule has 0 aliphatic carbocycles. The van der Waals surface area contributed by atoms with Crippen molar-refractivity contribution in [3.05, 3.63) is 24.0 Å². The molecule has 0 aromatic rings. The number of allylic oxidation sites excluding steroid dienone is 3. The summed E-state index contributed by atoms with van der Waals surface area (Å²) in [6, 6.07) is 0. The van der Waals surface area contributed by atoms with Crippen LogP contribution in [0.1, 0.15) is 136 Å². The molecule has 1 unspecified atom stereocenters. The zero-order chi connectivity index (χ0) is 23.0. The van der Waals surface area contributed by atoms with E-state index in [1.165, 1.54) is 97.0 Å². The van der Waals surface area contributed by atoms with Crippen LogP contribution < -0.4 is 0 Å². The third-order valence-electron chi connectivity index (χ3n) is 6.06. The van der Waals surface area contributed by atoms with Gasteiger partial charge < -0.3 is 9.84 Å². The van der Waals surface area contributed by atoms with Crippen LogP contribution in [0, 0.1) is 5.92 Å². The van der Waals surface area contributed by atoms with E-state index in [0.717, 1.165) is 32.1 Å². The van der Waals surface area contributed by atoms with Crippen molar-refractivity contribution in [3.8, 4) is 0 Å². The molecule has 31 heavy (non-hydrogen) atoms. The van der Waals surface area contributed by atoms with Crippen LogP contribution in [0.15, 0.2) is 24.0 Å². The van der Waals surface area contributed by atoms with Gasteiger partial charge in [-0.15, -0.1) is 0 Å². The minimum absolute atomic E-state index is 0.238. The van der Waals surface area contributed by atoms with Crippen molar-refractivity contribution in [2.75, 3.05) is 7.11 Å². The van der Waals surface area contributed by atoms with Crippen molar-refractivity contribution in [2.45, 2.75) is 136 Å². The summed E-state index contributed by atoms with van der Waals surface area (Å²) in [5, 5.41) is 9.95. The lowest BCUT2D eigenvalue weighted by molar-refractivity contribution is -0.139. The summed E-state index contributed by atoms with van der Waals surface area (Å²) in [5.41, 5.74) is 0. The van der Waals surface area contributed by atoms with Crippen LogP contribution in [0.3, 0.4) is 0 Å². The van der Waals surface area contributed by atoms with Gasteiger partial charge in [-0.25, -0.2) is 4.79 Å². The van der Waals surface area contributed by atoms with E-state index in [1.807, 2.05) is 0 Å². The Morgan fingerprint density at radius 2 is 1.19 bits per heavy atom. The first-order valence-electron chi connectivity index (χ1n) is 13.3. The number of unbranched alkanes of at least 4 members (excludes halogenated alkanes) is 14. The van der Waals surface area contributed by atoms with E-state index in [0.29, 0.717) is 0 Å². The Balaban J connectivity index is 4.02. The summed E-state index contributed by atoms with van der Waals surface area (Å²) in [7, 11) is 1.31. The molecule has 0 aromatic carbocycles. The molecule has 0 aromatic heterocycles. The quantitative estimate of drug-likeness (QED) is 0.0604. The number of hydrogen-bond acceptors (Lipinski definition) is 3. The van der Waals surface area contributed by atoms with Gasteiger partial charge in [-0.05, 0) is 44.1 Å². The lowest BCUT2D eigenvalue weighted by Crippen LogP contribution is -2.07. The standard InChI is InChI=1S/C28H52O3/c1-4-6-8-10-12-13-14-15-16-18-20-22-24-26(25-27(29)28(30)31-3)23-21-19-17-11-9-7-5-2/h17,19,25-26,29H,4-16,18,20-24H2,1-3H3/b19-17?,27-25-. The highest BCUT2D eigenvalue weighted by Gasteiger charge is 2.12. The number of carbonyl (C=O) groups is 1. The van der Waals surface area contributed by atoms with E-state index in [4.69, 9.17) is 0 Å². The zero-order valence-corrected chi connectivity index (χ0v) is 21.0. The maximum Gasteiger partial charge on any atom is 0.372 e. The van der Waals surface area contributed by atoms with E-state index in [2.05, 4.69) is 30.7 Å². The molecule has 0 amide bonds. The van der Waals surface area contributed by atoms with Gasteiger partial charge in [-0.1, -0.05) is 116 Å². The van der Waals surface area contributed by atoms with Gasteiger partial charge >= 0.3 is 5.97 Å². The molecule has 0 fully saturated rings. The van der Waals surface area contributed by atoms with Crippen LogP contribution in [0.5, 0.6) is 0 Å². The predicted molar refractivity (Wildman–Crippen MR) is 134 cm³/mol. The van der Waals surface area contributed by atoms with Crippen molar-refractivity contribution >= 4 is 5.97 Å². The Kier molecular flexibility index (Phi) is 22.5. The second-order valence-electron chi connectivity index (χ2n) is 9.03. The van der Waals surface area contributed by atoms with Crippen molar-refractivity contribution < 1.29 is 14.6 Å². The SMILES string of the molecule is CCCCCC=CCCC(/C=C(\O)C(=O)OC)CCCCCCCCCCCCCC. The first kappa shape index (κ1) is 29.8. The van der Waals surface area contributed by atoms with Gasteiger partial charge in [0.05, 0.1) is 7.11 Å². The molecular formula is C28H52O3. The van der Waals surface area contributed by atoms with Crippen molar-refractivity contribution in [1.29, 1.82) is 0 Å². The average molecular weight is 437 g/mol. The summed E-state index contributed by atoms with van der Waals surface area (Å²) in [6.45, 7) is 4.50. The Morgan fingerprint density at radius 3 is 1.74 bits per heavy atom. The van der Waals surface area contributed by atoms with E-state index in [-0.39, 0.29) is 11.7 Å². The van der Waals surface area contributed by atoms with Crippen LogP contribution in [0.2, 0.25) is 0 Å². The number of aliphatic hydroxyl groups excluding tert-OH is 1. The highest BCUT2D eigenvalue weighted by atomic mass is 16.5. The van der Waals surface area contributed by atoms with Crippen LogP contribution in [-0.2, 0) is 9.53 Å². The van der Waals surface area contributed by atoms with Gasteiger partial charge in [-0.2, -0.15) is 0 Å². The second-order valence-corrected chi connectivity index (χ2v) is 9.03. The molecule has 1 atom stereocenters. The van der Waals surface area contributed by atoms with Crippen LogP contribution >= 0.6 is 0 Å². The van der Waals surface area contributed by atoms with E-state index < -0.39 is 5.97 Å². The van der Waals surface area contributed by atoms with Crippen LogP contribution in [-0.4, -0.2) is 18.2 Å². The van der Waals surface area contributed by atoms with Gasteiger partial charge in [0.15, 0.2) is 5.76 Å². The lowest BCUT2D eigenvalue weighted by Gasteiger charge is -2.12. The molecule has 0 saturated carbocycles. The first-order valence-corrected chi connectivity index (χ1v) is 13.3. The minimum Gasteiger partial charge on any atom is -0.502 e. The monoisotopic (exact) mass is 436 g/mol. The van der Waals surface area contributed by atoms with Crippen molar-refractivity contribution in [3.63, 3.8) is 0 Å². The van der Waals surface area contributed by atoms with Crippen LogP contribution in [0.4, 0.5) is 0 Å². The number of rotatable bonds is 22. The summed E-state index contributed by atoms with van der Waals surface area (Å²) in [5.74, 6) is -0.629. The maximum absolute atomic E-state index is 11.5. The van der Waals surface area contributed by atoms with E-state index >= 15 is 0 Å². The van der Waals surface area contributed by atoms with Crippen molar-refractivity contribution in [1.82, 2.24) is 0 Å². The molecule has 0 radical (unpaired) electrons. The number of ether oxygens (including phenoxy) is 1. The minimum atomic E-state index is -0.630. The highest BCUT2D eigenvalue weighted by molar-refractivity contribution is 5.85. The number of aliphatic hydroxyl groups is 1. The van der Waals surface area contributed by atoms with Gasteiger partial charge in [0, 0.05) is 0 Å². The lowest BCUT2D eigenvalue weighted by atomic mass is 9.94. The van der Waals surface area contributed by atoms with Gasteiger partial charge in [0.25, 0.3) is 0 Å². The third-order valence-corrected chi connectivity index (χ3v) is 6.06. The van der Waals surface area contributed by atoms with Crippen LogP contribution in [0.25, 0.3) is 0 Å². The van der Waals surface area contributed by atoms with Gasteiger partial charge in [0.1, 0.15) is 0 Å². The molecule has 0 rings (SSSR count). The predicted octanol–water partition coefficient (Wildman–Crippen LogP) is 9.23. The summed E-state index contributed by atoms with van der Waals surface area (Å²) in [4.78, 5) is 11.5. The maximum atomic E-state index is 11.5. The third kappa shape index (κ3) is 20.4. The largest absolute Gasteiger partial charge is 0.502 e. The summed E-state index contributed by atoms with van der Waals surface area (Å²) in [6.07, 6.45) is 30.4. The highest BCUT2D eigenvalue weighted by Crippen LogP contribution is 2.20. The number of esters is 1. The number of methoxy groups -OCH3 is 1. The molecule has 1 N–H and O–H groups in total. The molecule has 0 aliphatic rings. The molecular weight excluding hydrogens is 384 g/mol. The number of carbonyl (C=O) groups excluding carboxylic acids is 1. The molecule has 0 bridgehead atoms. The Bertz CT molecular complexity index is 453. The molecule has 0 heterocycles. The van der Waals surface area contributed by atoms with Gasteiger partial charge in [-0.3, -0.25) is 0 Å². The fraction of sp³-hybridized carbons (Fsp3) is 0.821. The van der Waals surface area contributed by atoms with Gasteiger partial charge in [0.2, 0.25) is 0 Å². The zero-order valence-electron chi connectivity index (χ0n) is 21.0. The Hall–Kier alpha value is -1.25. The summed E-state index contributed by atoms with van der Waals surface area (Å²) >= 11 is 0. The molecule has 3 heteroatoms. The molecule has 182 valence electrons.